The zero-order chi connectivity index (χ0) is 21.4. The van der Waals surface area contributed by atoms with E-state index in [1.54, 1.807) is 21.7 Å². The van der Waals surface area contributed by atoms with Gasteiger partial charge >= 0.3 is 5.97 Å². The molecule has 2 heterocycles. The Morgan fingerprint density at radius 2 is 1.90 bits per heavy atom. The Balaban J connectivity index is 1.69. The van der Waals surface area contributed by atoms with Crippen LogP contribution in [0.25, 0.3) is 22.3 Å². The first-order valence-corrected chi connectivity index (χ1v) is 9.45. The number of carbonyl (C=O) groups excluding carboxylic acids is 1. The van der Waals surface area contributed by atoms with Crippen molar-refractivity contribution in [1.29, 1.82) is 0 Å². The highest BCUT2D eigenvalue weighted by Crippen LogP contribution is 2.38. The zero-order valence-electron chi connectivity index (χ0n) is 15.1. The fraction of sp³-hybridized carbons (Fsp3) is 0.0500. The number of phenolic OH excluding ortho intramolecular Hbond substituents is 3. The van der Waals surface area contributed by atoms with Crippen molar-refractivity contribution < 1.29 is 38.9 Å². The Hall–Kier alpha value is -4.05. The van der Waals surface area contributed by atoms with E-state index in [9.17, 15) is 30.0 Å². The summed E-state index contributed by atoms with van der Waals surface area (Å²) >= 11 is 1.41. The van der Waals surface area contributed by atoms with E-state index in [0.29, 0.717) is 0 Å². The van der Waals surface area contributed by atoms with Crippen LogP contribution in [0.5, 0.6) is 28.7 Å². The molecule has 10 heteroatoms. The molecule has 0 aliphatic rings. The van der Waals surface area contributed by atoms with E-state index >= 15 is 0 Å². The van der Waals surface area contributed by atoms with Crippen LogP contribution in [-0.4, -0.2) is 26.4 Å². The summed E-state index contributed by atoms with van der Waals surface area (Å²) in [5.74, 6) is -3.11. The molecule has 0 aliphatic heterocycles. The third-order valence-electron chi connectivity index (χ3n) is 4.22. The smallest absolute Gasteiger partial charge is 0.378 e. The predicted molar refractivity (Wildman–Crippen MR) is 105 cm³/mol. The minimum absolute atomic E-state index is 0.0436. The Labute approximate surface area is 171 Å². The number of nitrogens with zero attached hydrogens (tertiary/aromatic N) is 1. The van der Waals surface area contributed by atoms with Crippen molar-refractivity contribution >= 4 is 28.3 Å². The van der Waals surface area contributed by atoms with Crippen molar-refractivity contribution in [3.8, 4) is 40.1 Å². The molecule has 0 spiro atoms. The predicted octanol–water partition coefficient (Wildman–Crippen LogP) is 2.24. The van der Waals surface area contributed by atoms with Crippen molar-refractivity contribution in [2.45, 2.75) is 6.54 Å². The molecule has 0 saturated carbocycles. The molecule has 0 bridgehead atoms. The molecular formula is C20H14NO8S+. The summed E-state index contributed by atoms with van der Waals surface area (Å²) < 4.78 is 12.2. The van der Waals surface area contributed by atoms with Crippen LogP contribution in [0.4, 0.5) is 0 Å². The maximum atomic E-state index is 12.4. The van der Waals surface area contributed by atoms with Gasteiger partial charge < -0.3 is 29.6 Å². The van der Waals surface area contributed by atoms with Crippen molar-refractivity contribution in [2.24, 2.45) is 0 Å². The van der Waals surface area contributed by atoms with Gasteiger partial charge in [-0.1, -0.05) is 11.3 Å². The largest absolute Gasteiger partial charge is 0.508 e. The van der Waals surface area contributed by atoms with Crippen LogP contribution in [0.3, 0.4) is 0 Å². The van der Waals surface area contributed by atoms with Gasteiger partial charge in [-0.25, -0.2) is 4.79 Å². The molecule has 4 rings (SSSR count). The molecule has 2 aromatic heterocycles. The van der Waals surface area contributed by atoms with Gasteiger partial charge in [0.25, 0.3) is 0 Å². The molecule has 4 N–H and O–H groups in total. The number of esters is 1. The highest BCUT2D eigenvalue weighted by molar-refractivity contribution is 7.07. The SMILES string of the molecule is O=C(C[n+]1ccsc1)Oc1ccc(-c2oc3cc(O)cc(O)c3c(=O)c2O)cc1O. The molecule has 0 fully saturated rings. The minimum Gasteiger partial charge on any atom is -0.508 e. The molecule has 0 saturated heterocycles. The number of benzene rings is 2. The fourth-order valence-corrected chi connectivity index (χ4v) is 3.47. The van der Waals surface area contributed by atoms with Gasteiger partial charge in [-0.3, -0.25) is 4.79 Å². The average molecular weight is 428 g/mol. The lowest BCUT2D eigenvalue weighted by Crippen LogP contribution is -2.36. The lowest BCUT2D eigenvalue weighted by molar-refractivity contribution is -0.680. The quantitative estimate of drug-likeness (QED) is 0.220. The Bertz CT molecular complexity index is 1330. The number of rotatable bonds is 4. The molecule has 152 valence electrons. The van der Waals surface area contributed by atoms with E-state index in [2.05, 4.69) is 0 Å². The Morgan fingerprint density at radius 3 is 2.60 bits per heavy atom. The third-order valence-corrected chi connectivity index (χ3v) is 4.89. The molecule has 0 radical (unpaired) electrons. The van der Waals surface area contributed by atoms with E-state index in [0.717, 1.165) is 18.2 Å². The summed E-state index contributed by atoms with van der Waals surface area (Å²) in [6, 6.07) is 5.85. The molecule has 0 unspecified atom stereocenters. The van der Waals surface area contributed by atoms with Crippen LogP contribution in [0.1, 0.15) is 0 Å². The zero-order valence-corrected chi connectivity index (χ0v) is 15.9. The highest BCUT2D eigenvalue weighted by atomic mass is 32.1. The highest BCUT2D eigenvalue weighted by Gasteiger charge is 2.21. The lowest BCUT2D eigenvalue weighted by atomic mass is 10.1. The maximum Gasteiger partial charge on any atom is 0.378 e. The number of hydrogen-bond acceptors (Lipinski definition) is 9. The van der Waals surface area contributed by atoms with Gasteiger partial charge in [0.05, 0.1) is 5.38 Å². The summed E-state index contributed by atoms with van der Waals surface area (Å²) in [5, 5.41) is 41.4. The number of ether oxygens (including phenoxy) is 1. The van der Waals surface area contributed by atoms with Gasteiger partial charge in [-0.05, 0) is 18.2 Å². The van der Waals surface area contributed by atoms with Crippen molar-refractivity contribution in [3.05, 3.63) is 57.6 Å². The second-order valence-electron chi connectivity index (χ2n) is 6.30. The monoisotopic (exact) mass is 428 g/mol. The molecular weight excluding hydrogens is 414 g/mol. The molecule has 0 atom stereocenters. The molecule has 2 aromatic carbocycles. The van der Waals surface area contributed by atoms with Crippen molar-refractivity contribution in [3.63, 3.8) is 0 Å². The van der Waals surface area contributed by atoms with Crippen molar-refractivity contribution in [1.82, 2.24) is 0 Å². The van der Waals surface area contributed by atoms with Crippen LogP contribution >= 0.6 is 11.3 Å². The number of aromatic hydroxyl groups is 4. The van der Waals surface area contributed by atoms with E-state index in [-0.39, 0.29) is 40.3 Å². The van der Waals surface area contributed by atoms with Crippen LogP contribution in [0, 0.1) is 0 Å². The number of phenols is 3. The maximum absolute atomic E-state index is 12.4. The number of carbonyl (C=O) groups is 1. The Morgan fingerprint density at radius 1 is 1.10 bits per heavy atom. The second kappa shape index (κ2) is 7.41. The first kappa shape index (κ1) is 19.3. The first-order chi connectivity index (χ1) is 14.3. The number of aromatic nitrogens is 1. The summed E-state index contributed by atoms with van der Waals surface area (Å²) in [6.45, 7) is -0.0436. The summed E-state index contributed by atoms with van der Waals surface area (Å²) in [4.78, 5) is 24.4. The van der Waals surface area contributed by atoms with Crippen molar-refractivity contribution in [2.75, 3.05) is 0 Å². The Kier molecular flexibility index (Phi) is 4.76. The van der Waals surface area contributed by atoms with Gasteiger partial charge in [0.15, 0.2) is 23.5 Å². The molecule has 9 nitrogen and oxygen atoms in total. The van der Waals surface area contributed by atoms with Gasteiger partial charge in [-0.15, -0.1) is 0 Å². The van der Waals surface area contributed by atoms with Gasteiger partial charge in [0.2, 0.25) is 23.2 Å². The van der Waals surface area contributed by atoms with Crippen LogP contribution in [0.2, 0.25) is 0 Å². The van der Waals surface area contributed by atoms with Gasteiger partial charge in [-0.2, -0.15) is 4.57 Å². The normalized spacial score (nSPS) is 10.9. The van der Waals surface area contributed by atoms with E-state index in [1.807, 2.05) is 0 Å². The van der Waals surface area contributed by atoms with E-state index < -0.39 is 28.6 Å². The first-order valence-electron chi connectivity index (χ1n) is 8.50. The standard InChI is InChI=1S/C20H13NO8S/c22-11-6-13(24)17-15(7-11)29-20(19(27)18(17)26)10-1-2-14(12(23)5-10)28-16(25)8-21-3-4-30-9-21/h1-7,9H,8H2,(H3-,22,23,24,26,27)/p+1. The minimum atomic E-state index is -0.911. The molecule has 30 heavy (non-hydrogen) atoms. The topological polar surface area (TPSA) is 141 Å². The van der Waals surface area contributed by atoms with E-state index in [4.69, 9.17) is 9.15 Å². The van der Waals surface area contributed by atoms with Crippen LogP contribution in [-0.2, 0) is 11.3 Å². The second-order valence-corrected chi connectivity index (χ2v) is 7.06. The average Bonchev–Trinajstić information content (AvgIpc) is 3.18. The number of hydrogen-bond donors (Lipinski definition) is 4. The van der Waals surface area contributed by atoms with Crippen LogP contribution < -0.4 is 14.7 Å². The summed E-state index contributed by atoms with van der Waals surface area (Å²) in [5.41, 5.74) is 0.767. The molecule has 4 aromatic rings. The molecule has 0 amide bonds. The number of fused-ring (bicyclic) bond motifs is 1. The van der Waals surface area contributed by atoms with E-state index in [1.165, 1.54) is 23.5 Å². The number of thiazole rings is 1. The summed E-state index contributed by atoms with van der Waals surface area (Å²) in [7, 11) is 0. The molecule has 0 aliphatic carbocycles. The van der Waals surface area contributed by atoms with Crippen LogP contribution in [0.15, 0.2) is 56.6 Å². The van der Waals surface area contributed by atoms with Gasteiger partial charge in [0, 0.05) is 17.7 Å². The summed E-state index contributed by atoms with van der Waals surface area (Å²) in [6.07, 6.45) is 1.70. The van der Waals surface area contributed by atoms with Gasteiger partial charge in [0.1, 0.15) is 22.5 Å². The third kappa shape index (κ3) is 3.51. The lowest BCUT2D eigenvalue weighted by Gasteiger charge is -2.09. The fourth-order valence-electron chi connectivity index (χ4n) is 2.87.